The van der Waals surface area contributed by atoms with Crippen LogP contribution >= 0.6 is 0 Å². The molecular weight excluding hydrogens is 262 g/mol. The second kappa shape index (κ2) is 6.88. The van der Waals surface area contributed by atoms with Gasteiger partial charge in [0.25, 0.3) is 5.91 Å². The smallest absolute Gasteiger partial charge is 0.257 e. The fourth-order valence-electron chi connectivity index (χ4n) is 2.09. The highest BCUT2D eigenvalue weighted by Gasteiger charge is 2.10. The molecule has 2 rings (SSSR count). The van der Waals surface area contributed by atoms with Crippen LogP contribution in [0, 0.1) is 13.8 Å². The van der Waals surface area contributed by atoms with Crippen molar-refractivity contribution in [2.24, 2.45) is 0 Å². The second-order valence-corrected chi connectivity index (χ2v) is 5.07. The van der Waals surface area contributed by atoms with Crippen molar-refractivity contribution >= 4 is 17.4 Å². The lowest BCUT2D eigenvalue weighted by atomic mass is 10.1. The maximum absolute atomic E-state index is 12.3. The third-order valence-corrected chi connectivity index (χ3v) is 3.18. The normalized spacial score (nSPS) is 10.2. The Morgan fingerprint density at radius 2 is 2.00 bits per heavy atom. The highest BCUT2D eigenvalue weighted by atomic mass is 16.1. The standard InChI is InChI=1S/C17H21N3O/c1-4-10-18-14-8-9-15(12(2)11-14)17(21)20-16-7-5-6-13(3)19-16/h5-9,11,18H,4,10H2,1-3H3,(H,19,20,21). The lowest BCUT2D eigenvalue weighted by Crippen LogP contribution is -2.14. The van der Waals surface area contributed by atoms with E-state index in [1.165, 1.54) is 0 Å². The van der Waals surface area contributed by atoms with E-state index >= 15 is 0 Å². The second-order valence-electron chi connectivity index (χ2n) is 5.07. The molecule has 0 aliphatic heterocycles. The first-order valence-corrected chi connectivity index (χ1v) is 7.19. The molecule has 0 aliphatic rings. The molecule has 0 unspecified atom stereocenters. The Morgan fingerprint density at radius 1 is 1.19 bits per heavy atom. The van der Waals surface area contributed by atoms with Crippen LogP contribution in [0.2, 0.25) is 0 Å². The molecule has 110 valence electrons. The summed E-state index contributed by atoms with van der Waals surface area (Å²) >= 11 is 0. The van der Waals surface area contributed by atoms with Gasteiger partial charge in [-0.05, 0) is 56.2 Å². The minimum atomic E-state index is -0.132. The van der Waals surface area contributed by atoms with Crippen LogP contribution in [0.25, 0.3) is 0 Å². The third-order valence-electron chi connectivity index (χ3n) is 3.18. The van der Waals surface area contributed by atoms with Crippen molar-refractivity contribution in [3.63, 3.8) is 0 Å². The molecule has 1 heterocycles. The molecule has 2 aromatic rings. The fraction of sp³-hybridized carbons (Fsp3) is 0.294. The summed E-state index contributed by atoms with van der Waals surface area (Å²) in [5.74, 6) is 0.445. The van der Waals surface area contributed by atoms with E-state index in [9.17, 15) is 4.79 Å². The van der Waals surface area contributed by atoms with Crippen molar-refractivity contribution in [1.82, 2.24) is 4.98 Å². The summed E-state index contributed by atoms with van der Waals surface area (Å²) in [6.45, 7) is 6.89. The van der Waals surface area contributed by atoms with Crippen LogP contribution in [0.1, 0.15) is 35.0 Å². The predicted octanol–water partition coefficient (Wildman–Crippen LogP) is 3.77. The van der Waals surface area contributed by atoms with E-state index in [-0.39, 0.29) is 5.91 Å². The van der Waals surface area contributed by atoms with E-state index in [4.69, 9.17) is 0 Å². The zero-order valence-electron chi connectivity index (χ0n) is 12.7. The Kier molecular flexibility index (Phi) is 4.93. The average molecular weight is 283 g/mol. The number of rotatable bonds is 5. The van der Waals surface area contributed by atoms with Crippen molar-refractivity contribution in [3.8, 4) is 0 Å². The molecule has 1 aromatic carbocycles. The average Bonchev–Trinajstić information content (AvgIpc) is 2.45. The topological polar surface area (TPSA) is 54.0 Å². The largest absolute Gasteiger partial charge is 0.385 e. The number of nitrogens with zero attached hydrogens (tertiary/aromatic N) is 1. The van der Waals surface area contributed by atoms with Gasteiger partial charge in [0.05, 0.1) is 0 Å². The first kappa shape index (κ1) is 15.0. The lowest BCUT2D eigenvalue weighted by molar-refractivity contribution is 0.102. The van der Waals surface area contributed by atoms with Gasteiger partial charge in [-0.1, -0.05) is 13.0 Å². The summed E-state index contributed by atoms with van der Waals surface area (Å²) < 4.78 is 0. The minimum Gasteiger partial charge on any atom is -0.385 e. The summed E-state index contributed by atoms with van der Waals surface area (Å²) in [5.41, 5.74) is 3.53. The molecule has 2 N–H and O–H groups in total. The lowest BCUT2D eigenvalue weighted by Gasteiger charge is -2.10. The third kappa shape index (κ3) is 4.05. The number of nitrogens with one attached hydrogen (secondary N) is 2. The Bertz CT molecular complexity index is 638. The Hall–Kier alpha value is -2.36. The molecule has 1 aromatic heterocycles. The van der Waals surface area contributed by atoms with Gasteiger partial charge in [-0.2, -0.15) is 0 Å². The number of hydrogen-bond donors (Lipinski definition) is 2. The van der Waals surface area contributed by atoms with E-state index in [0.29, 0.717) is 11.4 Å². The number of carbonyl (C=O) groups excluding carboxylic acids is 1. The van der Waals surface area contributed by atoms with Crippen LogP contribution in [0.15, 0.2) is 36.4 Å². The quantitative estimate of drug-likeness (QED) is 0.878. The van der Waals surface area contributed by atoms with Gasteiger partial charge in [-0.3, -0.25) is 4.79 Å². The van der Waals surface area contributed by atoms with Crippen LogP contribution < -0.4 is 10.6 Å². The fourth-order valence-corrected chi connectivity index (χ4v) is 2.09. The first-order chi connectivity index (χ1) is 10.1. The maximum atomic E-state index is 12.3. The van der Waals surface area contributed by atoms with Crippen LogP contribution in [-0.4, -0.2) is 17.4 Å². The SMILES string of the molecule is CCCNc1ccc(C(=O)Nc2cccc(C)n2)c(C)c1. The van der Waals surface area contributed by atoms with Crippen molar-refractivity contribution < 1.29 is 4.79 Å². The number of hydrogen-bond acceptors (Lipinski definition) is 3. The number of aromatic nitrogens is 1. The van der Waals surface area contributed by atoms with Gasteiger partial charge in [0.1, 0.15) is 5.82 Å². The molecule has 0 saturated carbocycles. The van der Waals surface area contributed by atoms with Gasteiger partial charge in [-0.25, -0.2) is 4.98 Å². The first-order valence-electron chi connectivity index (χ1n) is 7.19. The van der Waals surface area contributed by atoms with Crippen molar-refractivity contribution in [2.45, 2.75) is 27.2 Å². The van der Waals surface area contributed by atoms with Crippen LogP contribution in [-0.2, 0) is 0 Å². The van der Waals surface area contributed by atoms with E-state index in [2.05, 4.69) is 22.5 Å². The molecule has 1 amide bonds. The van der Waals surface area contributed by atoms with Crippen molar-refractivity contribution in [2.75, 3.05) is 17.2 Å². The molecule has 0 fully saturated rings. The van der Waals surface area contributed by atoms with E-state index in [1.54, 1.807) is 6.07 Å². The Morgan fingerprint density at radius 3 is 2.67 bits per heavy atom. The van der Waals surface area contributed by atoms with Crippen LogP contribution in [0.5, 0.6) is 0 Å². The Balaban J connectivity index is 2.12. The van der Waals surface area contributed by atoms with Gasteiger partial charge in [-0.15, -0.1) is 0 Å². The number of benzene rings is 1. The Labute approximate surface area is 125 Å². The maximum Gasteiger partial charge on any atom is 0.257 e. The highest BCUT2D eigenvalue weighted by Crippen LogP contribution is 2.16. The predicted molar refractivity (Wildman–Crippen MR) is 86.9 cm³/mol. The monoisotopic (exact) mass is 283 g/mol. The summed E-state index contributed by atoms with van der Waals surface area (Å²) in [6, 6.07) is 11.3. The van der Waals surface area contributed by atoms with Crippen LogP contribution in [0.3, 0.4) is 0 Å². The van der Waals surface area contributed by atoms with Gasteiger partial charge in [0.2, 0.25) is 0 Å². The van der Waals surface area contributed by atoms with Gasteiger partial charge in [0.15, 0.2) is 0 Å². The number of amides is 1. The van der Waals surface area contributed by atoms with Crippen LogP contribution in [0.4, 0.5) is 11.5 Å². The van der Waals surface area contributed by atoms with Gasteiger partial charge >= 0.3 is 0 Å². The summed E-state index contributed by atoms with van der Waals surface area (Å²) in [6.07, 6.45) is 1.07. The summed E-state index contributed by atoms with van der Waals surface area (Å²) in [7, 11) is 0. The minimum absolute atomic E-state index is 0.132. The highest BCUT2D eigenvalue weighted by molar-refractivity contribution is 6.05. The number of pyridine rings is 1. The molecular formula is C17H21N3O. The summed E-state index contributed by atoms with van der Waals surface area (Å²) in [4.78, 5) is 16.6. The molecule has 0 spiro atoms. The number of aryl methyl sites for hydroxylation is 2. The molecule has 0 bridgehead atoms. The van der Waals surface area contributed by atoms with E-state index < -0.39 is 0 Å². The molecule has 4 nitrogen and oxygen atoms in total. The number of carbonyl (C=O) groups is 1. The summed E-state index contributed by atoms with van der Waals surface area (Å²) in [5, 5.41) is 6.15. The number of anilines is 2. The van der Waals surface area contributed by atoms with Crippen molar-refractivity contribution in [3.05, 3.63) is 53.2 Å². The molecule has 0 radical (unpaired) electrons. The zero-order chi connectivity index (χ0) is 15.2. The molecule has 0 saturated heterocycles. The van der Waals surface area contributed by atoms with Crippen molar-refractivity contribution in [1.29, 1.82) is 0 Å². The molecule has 21 heavy (non-hydrogen) atoms. The molecule has 0 atom stereocenters. The van der Waals surface area contributed by atoms with Gasteiger partial charge in [0, 0.05) is 23.5 Å². The van der Waals surface area contributed by atoms with E-state index in [1.807, 2.05) is 44.2 Å². The zero-order valence-corrected chi connectivity index (χ0v) is 12.7. The molecule has 0 aliphatic carbocycles. The van der Waals surface area contributed by atoms with E-state index in [0.717, 1.165) is 29.9 Å². The molecule has 4 heteroatoms. The van der Waals surface area contributed by atoms with Gasteiger partial charge < -0.3 is 10.6 Å².